The molecule has 2 unspecified atom stereocenters. The van der Waals surface area contributed by atoms with Crippen LogP contribution in [0.4, 0.5) is 0 Å². The molecule has 0 spiro atoms. The van der Waals surface area contributed by atoms with Crippen molar-refractivity contribution >= 4 is 56.3 Å². The van der Waals surface area contributed by atoms with Gasteiger partial charge in [0.2, 0.25) is 5.91 Å². The number of alkyl halides is 1. The van der Waals surface area contributed by atoms with Gasteiger partial charge < -0.3 is 4.90 Å². The minimum atomic E-state index is -0.275. The Morgan fingerprint density at radius 2 is 2.18 bits per heavy atom. The van der Waals surface area contributed by atoms with E-state index in [1.54, 1.807) is 11.3 Å². The van der Waals surface area contributed by atoms with Crippen molar-refractivity contribution in [2.75, 3.05) is 12.4 Å². The van der Waals surface area contributed by atoms with Crippen LogP contribution in [0.15, 0.2) is 41.8 Å². The molecule has 0 radical (unpaired) electrons. The maximum atomic E-state index is 11.9. The van der Waals surface area contributed by atoms with Crippen molar-refractivity contribution in [3.05, 3.63) is 46.7 Å². The van der Waals surface area contributed by atoms with Crippen LogP contribution in [0.25, 0.3) is 9.75 Å². The van der Waals surface area contributed by atoms with E-state index >= 15 is 0 Å². The lowest BCUT2D eigenvalue weighted by Gasteiger charge is -2.33. The third-order valence-corrected chi connectivity index (χ3v) is 8.19. The number of halogens is 1. The minimum Gasteiger partial charge on any atom is -0.327 e. The van der Waals surface area contributed by atoms with E-state index < -0.39 is 0 Å². The summed E-state index contributed by atoms with van der Waals surface area (Å²) in [5, 5.41) is 2.78. The number of thioether (sulfide) groups is 1. The number of hydrogen-bond donors (Lipinski definition) is 0. The number of rotatable bonds is 4. The van der Waals surface area contributed by atoms with Gasteiger partial charge in [-0.2, -0.15) is 0 Å². The standard InChI is InChI=1S/C16H16BrNOS3/c1-16(18(2)15(19)10-17)8-7-14(22-16)13-6-5-12(21-13)11-4-3-9-20-11/h3-9,14H,10H2,1-2H3. The van der Waals surface area contributed by atoms with Gasteiger partial charge in [-0.1, -0.05) is 34.1 Å². The average molecular weight is 414 g/mol. The third kappa shape index (κ3) is 3.07. The zero-order valence-electron chi connectivity index (χ0n) is 12.3. The summed E-state index contributed by atoms with van der Waals surface area (Å²) in [6.07, 6.45) is 4.36. The summed E-state index contributed by atoms with van der Waals surface area (Å²) in [5.74, 6) is 0.103. The molecule has 0 N–H and O–H groups in total. The molecule has 2 aromatic heterocycles. The topological polar surface area (TPSA) is 20.3 Å². The Kier molecular flexibility index (Phi) is 4.83. The molecule has 3 heterocycles. The molecule has 0 aliphatic carbocycles. The fraction of sp³-hybridized carbons (Fsp3) is 0.312. The molecular weight excluding hydrogens is 398 g/mol. The summed E-state index contributed by atoms with van der Waals surface area (Å²) >= 11 is 8.68. The van der Waals surface area contributed by atoms with Crippen molar-refractivity contribution in [2.45, 2.75) is 17.0 Å². The highest BCUT2D eigenvalue weighted by atomic mass is 79.9. The summed E-state index contributed by atoms with van der Waals surface area (Å²) in [6.45, 7) is 2.10. The monoisotopic (exact) mass is 413 g/mol. The molecule has 22 heavy (non-hydrogen) atoms. The van der Waals surface area contributed by atoms with E-state index in [1.165, 1.54) is 14.6 Å². The molecule has 0 fully saturated rings. The molecule has 0 aromatic carbocycles. The second kappa shape index (κ2) is 6.51. The second-order valence-electron chi connectivity index (χ2n) is 5.22. The number of amides is 1. The first-order chi connectivity index (χ1) is 10.5. The van der Waals surface area contributed by atoms with Crippen LogP contribution in [0.5, 0.6) is 0 Å². The molecule has 0 bridgehead atoms. The lowest BCUT2D eigenvalue weighted by Crippen LogP contribution is -2.43. The number of likely N-dealkylation sites (N-methyl/N-ethyl adjacent to an activating group) is 1. The molecule has 2 atom stereocenters. The molecule has 1 aliphatic rings. The summed E-state index contributed by atoms with van der Waals surface area (Å²) in [6, 6.07) is 8.65. The molecule has 2 nitrogen and oxygen atoms in total. The third-order valence-electron chi connectivity index (χ3n) is 3.77. The van der Waals surface area contributed by atoms with Gasteiger partial charge in [0.1, 0.15) is 4.87 Å². The van der Waals surface area contributed by atoms with Crippen molar-refractivity contribution in [3.63, 3.8) is 0 Å². The van der Waals surface area contributed by atoms with Crippen LogP contribution in [-0.2, 0) is 4.79 Å². The maximum absolute atomic E-state index is 11.9. The van der Waals surface area contributed by atoms with E-state index in [4.69, 9.17) is 0 Å². The summed E-state index contributed by atoms with van der Waals surface area (Å²) in [7, 11) is 1.87. The highest BCUT2D eigenvalue weighted by Crippen LogP contribution is 2.50. The largest absolute Gasteiger partial charge is 0.327 e. The molecule has 2 aromatic rings. The Morgan fingerprint density at radius 1 is 1.36 bits per heavy atom. The molecule has 116 valence electrons. The molecule has 3 rings (SSSR count). The second-order valence-corrected chi connectivity index (χ2v) is 9.41. The zero-order chi connectivity index (χ0) is 15.7. The van der Waals surface area contributed by atoms with Crippen molar-refractivity contribution in [1.29, 1.82) is 0 Å². The van der Waals surface area contributed by atoms with Gasteiger partial charge >= 0.3 is 0 Å². The number of thiophene rings is 2. The fourth-order valence-corrected chi connectivity index (χ4v) is 6.09. The Balaban J connectivity index is 1.76. The van der Waals surface area contributed by atoms with Crippen LogP contribution in [0.2, 0.25) is 0 Å². The fourth-order valence-electron chi connectivity index (χ4n) is 2.34. The Labute approximate surface area is 151 Å². The molecule has 0 saturated carbocycles. The quantitative estimate of drug-likeness (QED) is 0.494. The van der Waals surface area contributed by atoms with Gasteiger partial charge in [0.25, 0.3) is 0 Å². The van der Waals surface area contributed by atoms with Gasteiger partial charge in [-0.05, 0) is 30.5 Å². The van der Waals surface area contributed by atoms with E-state index in [1.807, 2.05) is 35.0 Å². The average Bonchev–Trinajstić information content (AvgIpc) is 3.24. The molecule has 6 heteroatoms. The van der Waals surface area contributed by atoms with E-state index in [0.717, 1.165) is 0 Å². The number of carbonyl (C=O) groups is 1. The predicted molar refractivity (Wildman–Crippen MR) is 102 cm³/mol. The van der Waals surface area contributed by atoms with Gasteiger partial charge in [-0.25, -0.2) is 0 Å². The SMILES string of the molecule is CN(C(=O)CBr)C1(C)C=CC(c2ccc(-c3cccs3)s2)S1. The first-order valence-electron chi connectivity index (χ1n) is 6.87. The van der Waals surface area contributed by atoms with E-state index in [-0.39, 0.29) is 10.8 Å². The van der Waals surface area contributed by atoms with Crippen LogP contribution in [0, 0.1) is 0 Å². The summed E-state index contributed by atoms with van der Waals surface area (Å²) < 4.78 is 0. The van der Waals surface area contributed by atoms with Gasteiger partial charge in [0.15, 0.2) is 0 Å². The Morgan fingerprint density at radius 3 is 2.86 bits per heavy atom. The normalized spacial score (nSPS) is 23.9. The molecule has 1 amide bonds. The first kappa shape index (κ1) is 16.3. The van der Waals surface area contributed by atoms with Gasteiger partial charge in [0, 0.05) is 21.7 Å². The number of nitrogens with zero attached hydrogens (tertiary/aromatic N) is 1. The molecule has 0 saturated heterocycles. The molecule has 1 aliphatic heterocycles. The maximum Gasteiger partial charge on any atom is 0.234 e. The number of carbonyl (C=O) groups excluding carboxylic acids is 1. The zero-order valence-corrected chi connectivity index (χ0v) is 16.3. The van der Waals surface area contributed by atoms with Crippen LogP contribution < -0.4 is 0 Å². The summed E-state index contributed by atoms with van der Waals surface area (Å²) in [5.41, 5.74) is 0. The van der Waals surface area contributed by atoms with Crippen LogP contribution in [0.1, 0.15) is 17.1 Å². The van der Waals surface area contributed by atoms with Crippen molar-refractivity contribution in [1.82, 2.24) is 4.90 Å². The van der Waals surface area contributed by atoms with Crippen LogP contribution in [0.3, 0.4) is 0 Å². The highest BCUT2D eigenvalue weighted by molar-refractivity contribution is 9.09. The first-order valence-corrected chi connectivity index (χ1v) is 10.6. The van der Waals surface area contributed by atoms with E-state index in [9.17, 15) is 4.79 Å². The van der Waals surface area contributed by atoms with Crippen LogP contribution in [-0.4, -0.2) is 28.1 Å². The Bertz CT molecular complexity index is 694. The van der Waals surface area contributed by atoms with Gasteiger partial charge in [-0.15, -0.1) is 34.4 Å². The van der Waals surface area contributed by atoms with Crippen molar-refractivity contribution < 1.29 is 4.79 Å². The van der Waals surface area contributed by atoms with E-state index in [0.29, 0.717) is 10.6 Å². The minimum absolute atomic E-state index is 0.103. The van der Waals surface area contributed by atoms with Gasteiger partial charge in [0.05, 0.1) is 10.6 Å². The van der Waals surface area contributed by atoms with E-state index in [2.05, 4.69) is 64.7 Å². The lowest BCUT2D eigenvalue weighted by atomic mass is 10.2. The predicted octanol–water partition coefficient (Wildman–Crippen LogP) is 5.39. The van der Waals surface area contributed by atoms with Crippen molar-refractivity contribution in [2.24, 2.45) is 0 Å². The van der Waals surface area contributed by atoms with Gasteiger partial charge in [-0.3, -0.25) is 4.79 Å². The summed E-state index contributed by atoms with van der Waals surface area (Å²) in [4.78, 5) is 17.5. The smallest absolute Gasteiger partial charge is 0.234 e. The van der Waals surface area contributed by atoms with Crippen molar-refractivity contribution in [3.8, 4) is 9.75 Å². The molecular formula is C16H16BrNOS3. The Hall–Kier alpha value is -0.560. The van der Waals surface area contributed by atoms with Crippen LogP contribution >= 0.6 is 50.4 Å². The lowest BCUT2D eigenvalue weighted by molar-refractivity contribution is -0.128. The highest BCUT2D eigenvalue weighted by Gasteiger charge is 2.37. The number of hydrogen-bond acceptors (Lipinski definition) is 4.